The van der Waals surface area contributed by atoms with E-state index in [1.807, 2.05) is 0 Å². The Balaban J connectivity index is 1.72. The van der Waals surface area contributed by atoms with Gasteiger partial charge in [-0.3, -0.25) is 4.79 Å². The smallest absolute Gasteiger partial charge is 0.243 e. The maximum Gasteiger partial charge on any atom is 0.243 e. The number of morpholine rings is 1. The lowest BCUT2D eigenvalue weighted by Gasteiger charge is -2.26. The van der Waals surface area contributed by atoms with Gasteiger partial charge in [-0.25, -0.2) is 16.8 Å². The molecule has 0 aromatic heterocycles. The molecule has 1 aromatic rings. The van der Waals surface area contributed by atoms with Gasteiger partial charge >= 0.3 is 0 Å². The van der Waals surface area contributed by atoms with Crippen molar-refractivity contribution in [2.45, 2.75) is 28.7 Å². The van der Waals surface area contributed by atoms with Crippen LogP contribution < -0.4 is 5.32 Å². The van der Waals surface area contributed by atoms with E-state index in [0.29, 0.717) is 13.2 Å². The van der Waals surface area contributed by atoms with Gasteiger partial charge in [0.25, 0.3) is 0 Å². The van der Waals surface area contributed by atoms with Gasteiger partial charge in [0.2, 0.25) is 26.0 Å². The number of hydrogen-bond donors (Lipinski definition) is 1. The van der Waals surface area contributed by atoms with Crippen LogP contribution >= 0.6 is 0 Å². The minimum atomic E-state index is -3.89. The summed E-state index contributed by atoms with van der Waals surface area (Å²) < 4.78 is 57.8. The number of sulfonamides is 2. The van der Waals surface area contributed by atoms with Crippen LogP contribution in [0, 0.1) is 0 Å². The van der Waals surface area contributed by atoms with E-state index in [4.69, 9.17) is 4.74 Å². The van der Waals surface area contributed by atoms with E-state index in [1.165, 1.54) is 35.6 Å². The highest BCUT2D eigenvalue weighted by molar-refractivity contribution is 7.89. The number of benzene rings is 1. The van der Waals surface area contributed by atoms with E-state index < -0.39 is 20.0 Å². The number of nitrogens with zero attached hydrogens (tertiary/aromatic N) is 2. The van der Waals surface area contributed by atoms with Crippen LogP contribution in [0.15, 0.2) is 34.1 Å². The van der Waals surface area contributed by atoms with Crippen molar-refractivity contribution in [2.75, 3.05) is 39.9 Å². The molecule has 11 heteroatoms. The monoisotopic (exact) mass is 417 g/mol. The summed E-state index contributed by atoms with van der Waals surface area (Å²) in [5.74, 6) is -0.352. The minimum absolute atomic E-state index is 0.0254. The summed E-state index contributed by atoms with van der Waals surface area (Å²) in [6.45, 7) is 0.911. The third-order valence-electron chi connectivity index (χ3n) is 4.45. The lowest BCUT2D eigenvalue weighted by Crippen LogP contribution is -2.40. The van der Waals surface area contributed by atoms with E-state index in [-0.39, 0.29) is 41.4 Å². The Morgan fingerprint density at radius 3 is 2.22 bits per heavy atom. The highest BCUT2D eigenvalue weighted by Crippen LogP contribution is 2.21. The molecule has 27 heavy (non-hydrogen) atoms. The highest BCUT2D eigenvalue weighted by atomic mass is 32.2. The van der Waals surface area contributed by atoms with Crippen molar-refractivity contribution in [1.82, 2.24) is 13.9 Å². The van der Waals surface area contributed by atoms with E-state index >= 15 is 0 Å². The van der Waals surface area contributed by atoms with Gasteiger partial charge in [-0.1, -0.05) is 0 Å². The molecular weight excluding hydrogens is 394 g/mol. The van der Waals surface area contributed by atoms with E-state index in [9.17, 15) is 21.6 Å². The molecule has 2 fully saturated rings. The molecule has 2 aliphatic rings. The first kappa shape index (κ1) is 20.2. The first-order chi connectivity index (χ1) is 12.7. The second kappa shape index (κ2) is 7.84. The van der Waals surface area contributed by atoms with Gasteiger partial charge in [0.15, 0.2) is 0 Å². The van der Waals surface area contributed by atoms with Crippen molar-refractivity contribution in [3.63, 3.8) is 0 Å². The summed E-state index contributed by atoms with van der Waals surface area (Å²) in [4.78, 5) is 11.8. The molecule has 3 rings (SSSR count). The van der Waals surface area contributed by atoms with Crippen molar-refractivity contribution in [3.8, 4) is 0 Å². The third kappa shape index (κ3) is 4.66. The maximum atomic E-state index is 12.6. The predicted octanol–water partition coefficient (Wildman–Crippen LogP) is -0.393. The number of hydrogen-bond acceptors (Lipinski definition) is 6. The maximum absolute atomic E-state index is 12.6. The van der Waals surface area contributed by atoms with E-state index in [1.54, 1.807) is 0 Å². The van der Waals surface area contributed by atoms with Gasteiger partial charge in [0.05, 0.1) is 29.5 Å². The van der Waals surface area contributed by atoms with E-state index in [0.717, 1.165) is 17.1 Å². The predicted molar refractivity (Wildman–Crippen MR) is 97.0 cm³/mol. The molecule has 1 aliphatic heterocycles. The molecule has 1 heterocycles. The van der Waals surface area contributed by atoms with Gasteiger partial charge in [-0.15, -0.1) is 0 Å². The Hall–Kier alpha value is -1.53. The van der Waals surface area contributed by atoms with Crippen molar-refractivity contribution in [2.24, 2.45) is 0 Å². The second-order valence-electron chi connectivity index (χ2n) is 6.59. The summed E-state index contributed by atoms with van der Waals surface area (Å²) in [5.41, 5.74) is 0. The standard InChI is InChI=1S/C16H23N3O6S2/c1-18(12-16(20)17-13-2-3-13)26(21,22)14-4-6-15(7-5-14)27(23,24)19-8-10-25-11-9-19/h4-7,13H,2-3,8-12H2,1H3,(H,17,20). The molecule has 1 saturated heterocycles. The lowest BCUT2D eigenvalue weighted by molar-refractivity contribution is -0.121. The molecule has 0 spiro atoms. The summed E-state index contributed by atoms with van der Waals surface area (Å²) in [5, 5.41) is 2.73. The number of carbonyl (C=O) groups is 1. The van der Waals surface area contributed by atoms with Crippen molar-refractivity contribution in [3.05, 3.63) is 24.3 Å². The highest BCUT2D eigenvalue weighted by Gasteiger charge is 2.29. The van der Waals surface area contributed by atoms with Crippen LogP contribution in [0.4, 0.5) is 0 Å². The number of ether oxygens (including phenoxy) is 1. The van der Waals surface area contributed by atoms with Crippen LogP contribution in [0.25, 0.3) is 0 Å². The van der Waals surface area contributed by atoms with Crippen LogP contribution in [0.3, 0.4) is 0 Å². The Labute approximate surface area is 159 Å². The van der Waals surface area contributed by atoms with Crippen LogP contribution in [-0.4, -0.2) is 77.3 Å². The number of likely N-dealkylation sites (N-methyl/N-ethyl adjacent to an activating group) is 1. The third-order valence-corrected chi connectivity index (χ3v) is 8.18. The molecule has 1 amide bonds. The Bertz CT molecular complexity index is 889. The first-order valence-corrected chi connectivity index (χ1v) is 11.5. The number of nitrogens with one attached hydrogen (secondary N) is 1. The van der Waals surface area contributed by atoms with Crippen molar-refractivity contribution in [1.29, 1.82) is 0 Å². The molecule has 1 aromatic carbocycles. The fraction of sp³-hybridized carbons (Fsp3) is 0.562. The van der Waals surface area contributed by atoms with E-state index in [2.05, 4.69) is 5.32 Å². The van der Waals surface area contributed by atoms with Crippen LogP contribution in [-0.2, 0) is 29.6 Å². The fourth-order valence-electron chi connectivity index (χ4n) is 2.69. The zero-order valence-corrected chi connectivity index (χ0v) is 16.6. The summed E-state index contributed by atoms with van der Waals surface area (Å²) in [6, 6.07) is 5.19. The average Bonchev–Trinajstić information content (AvgIpc) is 3.46. The Morgan fingerprint density at radius 1 is 1.11 bits per heavy atom. The molecule has 1 N–H and O–H groups in total. The van der Waals surface area contributed by atoms with Crippen LogP contribution in [0.1, 0.15) is 12.8 Å². The number of carbonyl (C=O) groups excluding carboxylic acids is 1. The Morgan fingerprint density at radius 2 is 1.67 bits per heavy atom. The Kier molecular flexibility index (Phi) is 5.87. The van der Waals surface area contributed by atoms with Gasteiger partial charge in [0.1, 0.15) is 0 Å². The lowest BCUT2D eigenvalue weighted by atomic mass is 10.4. The quantitative estimate of drug-likeness (QED) is 0.646. The zero-order chi connectivity index (χ0) is 19.7. The van der Waals surface area contributed by atoms with Crippen molar-refractivity contribution >= 4 is 26.0 Å². The molecule has 1 aliphatic carbocycles. The molecular formula is C16H23N3O6S2. The van der Waals surface area contributed by atoms with Gasteiger partial charge in [-0.05, 0) is 37.1 Å². The number of amides is 1. The molecule has 0 bridgehead atoms. The second-order valence-corrected chi connectivity index (χ2v) is 10.6. The summed E-state index contributed by atoms with van der Waals surface area (Å²) in [6.07, 6.45) is 1.84. The SMILES string of the molecule is CN(CC(=O)NC1CC1)S(=O)(=O)c1ccc(S(=O)(=O)N2CCOCC2)cc1. The topological polar surface area (TPSA) is 113 Å². The van der Waals surface area contributed by atoms with Crippen LogP contribution in [0.5, 0.6) is 0 Å². The van der Waals surface area contributed by atoms with Crippen molar-refractivity contribution < 1.29 is 26.4 Å². The summed E-state index contributed by atoms with van der Waals surface area (Å²) >= 11 is 0. The zero-order valence-electron chi connectivity index (χ0n) is 15.0. The molecule has 0 radical (unpaired) electrons. The normalized spacial score (nSPS) is 19.2. The molecule has 150 valence electrons. The van der Waals surface area contributed by atoms with Gasteiger partial charge in [0, 0.05) is 26.2 Å². The fourth-order valence-corrected chi connectivity index (χ4v) is 5.22. The largest absolute Gasteiger partial charge is 0.379 e. The molecule has 0 atom stereocenters. The first-order valence-electron chi connectivity index (χ1n) is 8.65. The van der Waals surface area contributed by atoms with Gasteiger partial charge < -0.3 is 10.1 Å². The summed E-state index contributed by atoms with van der Waals surface area (Å²) in [7, 11) is -6.26. The molecule has 0 unspecified atom stereocenters. The van der Waals surface area contributed by atoms with Gasteiger partial charge in [-0.2, -0.15) is 8.61 Å². The number of rotatable bonds is 7. The van der Waals surface area contributed by atoms with Crippen LogP contribution in [0.2, 0.25) is 0 Å². The minimum Gasteiger partial charge on any atom is -0.379 e. The average molecular weight is 418 g/mol. The molecule has 1 saturated carbocycles. The molecule has 9 nitrogen and oxygen atoms in total.